The molecule has 0 spiro atoms. The van der Waals surface area contributed by atoms with E-state index in [0.717, 1.165) is 33.8 Å². The number of aromatic nitrogens is 4. The first-order chi connectivity index (χ1) is 13.6. The SMILES string of the molecule is COc1ccc[c-]c1-c1cn(C)cn1.Cn1cnc(-c2[c-]cccc2CO)c1.[Pt+2]. The van der Waals surface area contributed by atoms with E-state index in [4.69, 9.17) is 9.84 Å². The summed E-state index contributed by atoms with van der Waals surface area (Å²) >= 11 is 0. The van der Waals surface area contributed by atoms with Gasteiger partial charge in [-0.3, -0.25) is 9.97 Å². The van der Waals surface area contributed by atoms with Gasteiger partial charge in [0.05, 0.1) is 19.8 Å². The second-order valence-corrected chi connectivity index (χ2v) is 6.19. The zero-order chi connectivity index (χ0) is 19.9. The van der Waals surface area contributed by atoms with Gasteiger partial charge >= 0.3 is 21.1 Å². The fraction of sp³-hybridized carbons (Fsp3) is 0.182. The molecule has 0 amide bonds. The number of ether oxygens (including phenoxy) is 1. The molecule has 29 heavy (non-hydrogen) atoms. The molecule has 2 aromatic heterocycles. The maximum Gasteiger partial charge on any atom is 2.00 e. The molecule has 152 valence electrons. The molecule has 0 aliphatic rings. The number of benzene rings is 2. The third kappa shape index (κ3) is 5.66. The first-order valence-corrected chi connectivity index (χ1v) is 8.74. The summed E-state index contributed by atoms with van der Waals surface area (Å²) in [6, 6.07) is 17.4. The van der Waals surface area contributed by atoms with E-state index in [0.29, 0.717) is 0 Å². The molecule has 0 saturated carbocycles. The predicted octanol–water partition coefficient (Wildman–Crippen LogP) is 3.27. The van der Waals surface area contributed by atoms with Crippen molar-refractivity contribution in [3.8, 4) is 28.3 Å². The molecule has 0 unspecified atom stereocenters. The number of hydrogen-bond acceptors (Lipinski definition) is 4. The van der Waals surface area contributed by atoms with Crippen LogP contribution in [0.5, 0.6) is 5.75 Å². The van der Waals surface area contributed by atoms with Crippen molar-refractivity contribution in [3.63, 3.8) is 0 Å². The van der Waals surface area contributed by atoms with E-state index in [-0.39, 0.29) is 27.7 Å². The van der Waals surface area contributed by atoms with E-state index in [1.165, 1.54) is 0 Å². The molecule has 6 nitrogen and oxygen atoms in total. The third-order valence-corrected chi connectivity index (χ3v) is 4.07. The van der Waals surface area contributed by atoms with Crippen LogP contribution in [0.1, 0.15) is 5.56 Å². The van der Waals surface area contributed by atoms with E-state index < -0.39 is 0 Å². The Morgan fingerprint density at radius 2 is 1.48 bits per heavy atom. The molecule has 0 radical (unpaired) electrons. The molecule has 0 saturated heterocycles. The number of hydrogen-bond donors (Lipinski definition) is 1. The minimum Gasteiger partial charge on any atom is -0.540 e. The number of aliphatic hydroxyl groups excluding tert-OH is 1. The van der Waals surface area contributed by atoms with Crippen molar-refractivity contribution in [1.82, 2.24) is 19.1 Å². The van der Waals surface area contributed by atoms with Crippen molar-refractivity contribution in [2.75, 3.05) is 7.11 Å². The largest absolute Gasteiger partial charge is 2.00 e. The van der Waals surface area contributed by atoms with E-state index in [1.807, 2.05) is 72.0 Å². The van der Waals surface area contributed by atoms with Crippen molar-refractivity contribution in [3.05, 3.63) is 79.1 Å². The fourth-order valence-electron chi connectivity index (χ4n) is 2.72. The first kappa shape index (κ1) is 22.6. The minimum absolute atomic E-state index is 0. The Labute approximate surface area is 185 Å². The van der Waals surface area contributed by atoms with E-state index in [1.54, 1.807) is 19.8 Å². The van der Waals surface area contributed by atoms with Crippen molar-refractivity contribution >= 4 is 0 Å². The molecule has 4 aromatic rings. The van der Waals surface area contributed by atoms with E-state index in [2.05, 4.69) is 22.1 Å². The molecule has 1 N–H and O–H groups in total. The third-order valence-electron chi connectivity index (χ3n) is 4.07. The summed E-state index contributed by atoms with van der Waals surface area (Å²) in [5.41, 5.74) is 4.35. The maximum atomic E-state index is 9.13. The number of aryl methyl sites for hydroxylation is 2. The van der Waals surface area contributed by atoms with Crippen LogP contribution >= 0.6 is 0 Å². The molecular weight excluding hydrogens is 547 g/mol. The van der Waals surface area contributed by atoms with Crippen LogP contribution in [-0.4, -0.2) is 31.3 Å². The second kappa shape index (κ2) is 10.7. The van der Waals surface area contributed by atoms with Gasteiger partial charge in [0, 0.05) is 37.8 Å². The van der Waals surface area contributed by atoms with Crippen LogP contribution in [0.4, 0.5) is 0 Å². The van der Waals surface area contributed by atoms with Crippen LogP contribution < -0.4 is 4.74 Å². The Bertz CT molecular complexity index is 959. The van der Waals surface area contributed by atoms with Gasteiger partial charge in [0.2, 0.25) is 0 Å². The summed E-state index contributed by atoms with van der Waals surface area (Å²) in [6.07, 6.45) is 7.34. The number of nitrogens with zero attached hydrogens (tertiary/aromatic N) is 4. The zero-order valence-corrected chi connectivity index (χ0v) is 18.7. The Balaban J connectivity index is 0.000000200. The zero-order valence-electron chi connectivity index (χ0n) is 16.4. The van der Waals surface area contributed by atoms with Gasteiger partial charge in [-0.15, -0.1) is 59.7 Å². The van der Waals surface area contributed by atoms with Crippen LogP contribution in [0, 0.1) is 12.1 Å². The molecule has 7 heteroatoms. The fourth-order valence-corrected chi connectivity index (χ4v) is 2.72. The van der Waals surface area contributed by atoms with Crippen molar-refractivity contribution in [2.45, 2.75) is 6.61 Å². The Hall–Kier alpha value is -2.69. The van der Waals surface area contributed by atoms with E-state index in [9.17, 15) is 0 Å². The first-order valence-electron chi connectivity index (χ1n) is 8.74. The minimum atomic E-state index is 0. The average Bonchev–Trinajstić information content (AvgIpc) is 3.36. The number of methoxy groups -OCH3 is 1. The second-order valence-electron chi connectivity index (χ2n) is 6.19. The molecule has 0 fully saturated rings. The summed E-state index contributed by atoms with van der Waals surface area (Å²) in [7, 11) is 5.50. The molecule has 0 atom stereocenters. The number of imidazole rings is 2. The standard InChI is InChI=1S/2C11H11N2O.Pt/c1-13-7-10(12-8-13)9-5-3-4-6-11(9)14-2;1-13-6-11(12-8-13)10-5-3-2-4-9(10)7-14;/h3-4,6-8H,1-2H3;2-4,6,8,14H,7H2,1H3;/q2*-1;+2. The van der Waals surface area contributed by atoms with Gasteiger partial charge in [-0.05, 0) is 12.4 Å². The van der Waals surface area contributed by atoms with Crippen LogP contribution in [0.3, 0.4) is 0 Å². The number of aliphatic hydroxyl groups is 1. The maximum absolute atomic E-state index is 9.13. The normalized spacial score (nSPS) is 9.93. The molecule has 0 aliphatic heterocycles. The van der Waals surface area contributed by atoms with Crippen LogP contribution in [0.15, 0.2) is 61.4 Å². The van der Waals surface area contributed by atoms with Gasteiger partial charge in [-0.25, -0.2) is 0 Å². The smallest absolute Gasteiger partial charge is 0.540 e. The van der Waals surface area contributed by atoms with Gasteiger partial charge in [0.15, 0.2) is 0 Å². The molecule has 2 heterocycles. The molecule has 4 rings (SSSR count). The van der Waals surface area contributed by atoms with Gasteiger partial charge in [-0.2, -0.15) is 0 Å². The summed E-state index contributed by atoms with van der Waals surface area (Å²) in [5, 5.41) is 9.13. The predicted molar refractivity (Wildman–Crippen MR) is 107 cm³/mol. The Kier molecular flexibility index (Phi) is 8.37. The van der Waals surface area contributed by atoms with Crippen molar-refractivity contribution in [1.29, 1.82) is 0 Å². The summed E-state index contributed by atoms with van der Waals surface area (Å²) in [4.78, 5) is 8.46. The quantitative estimate of drug-likeness (QED) is 0.384. The van der Waals surface area contributed by atoms with Crippen molar-refractivity contribution in [2.24, 2.45) is 14.1 Å². The van der Waals surface area contributed by atoms with Gasteiger partial charge in [0.25, 0.3) is 0 Å². The number of rotatable bonds is 4. The summed E-state index contributed by atoms with van der Waals surface area (Å²) < 4.78 is 9.00. The molecule has 2 aromatic carbocycles. The van der Waals surface area contributed by atoms with E-state index >= 15 is 0 Å². The Morgan fingerprint density at radius 3 is 2.00 bits per heavy atom. The molecular formula is C22H22N4O2Pt. The summed E-state index contributed by atoms with van der Waals surface area (Å²) in [5.74, 6) is 0.797. The van der Waals surface area contributed by atoms with Gasteiger partial charge in [0.1, 0.15) is 0 Å². The summed E-state index contributed by atoms with van der Waals surface area (Å²) in [6.45, 7) is 0.0171. The Morgan fingerprint density at radius 1 is 0.931 bits per heavy atom. The van der Waals surface area contributed by atoms with Crippen molar-refractivity contribution < 1.29 is 30.9 Å². The van der Waals surface area contributed by atoms with Crippen LogP contribution in [0.25, 0.3) is 22.5 Å². The van der Waals surface area contributed by atoms with Crippen LogP contribution in [0.2, 0.25) is 0 Å². The van der Waals surface area contributed by atoms with Gasteiger partial charge in [-0.1, -0.05) is 5.56 Å². The molecule has 0 bridgehead atoms. The topological polar surface area (TPSA) is 65.1 Å². The average molecular weight is 570 g/mol. The molecule has 0 aliphatic carbocycles. The van der Waals surface area contributed by atoms with Gasteiger partial charge < -0.3 is 19.0 Å². The van der Waals surface area contributed by atoms with Crippen LogP contribution in [-0.2, 0) is 41.8 Å². The monoisotopic (exact) mass is 569 g/mol.